The molecule has 0 saturated heterocycles. The summed E-state index contributed by atoms with van der Waals surface area (Å²) in [5.74, 6) is 2.62. The van der Waals surface area contributed by atoms with E-state index in [9.17, 15) is 0 Å². The molecule has 2 aliphatic rings. The molecule has 1 nitrogen and oxygen atoms in total. The molecule has 0 spiro atoms. The summed E-state index contributed by atoms with van der Waals surface area (Å²) in [6.45, 7) is 5.56. The predicted molar refractivity (Wildman–Crippen MR) is 76.6 cm³/mol. The zero-order valence-electron chi connectivity index (χ0n) is 11.7. The Morgan fingerprint density at radius 2 is 1.56 bits per heavy atom. The van der Waals surface area contributed by atoms with Crippen LogP contribution in [0.2, 0.25) is 0 Å². The van der Waals surface area contributed by atoms with E-state index < -0.39 is 0 Å². The van der Waals surface area contributed by atoms with Gasteiger partial charge in [0.15, 0.2) is 0 Å². The van der Waals surface area contributed by atoms with E-state index >= 15 is 0 Å². The van der Waals surface area contributed by atoms with E-state index in [1.165, 1.54) is 36.8 Å². The third-order valence-electron chi connectivity index (χ3n) is 4.45. The summed E-state index contributed by atoms with van der Waals surface area (Å²) in [5, 5.41) is 3.81. The minimum absolute atomic E-state index is 0.637. The minimum atomic E-state index is 0.637. The molecule has 0 bridgehead atoms. The van der Waals surface area contributed by atoms with Gasteiger partial charge in [-0.2, -0.15) is 0 Å². The molecule has 2 fully saturated rings. The lowest BCUT2D eigenvalue weighted by atomic mass is 10.0. The van der Waals surface area contributed by atoms with Gasteiger partial charge in [-0.1, -0.05) is 38.1 Å². The van der Waals surface area contributed by atoms with Crippen LogP contribution in [-0.2, 0) is 6.54 Å². The average Bonchev–Trinajstić information content (AvgIpc) is 3.24. The van der Waals surface area contributed by atoms with E-state index in [0.29, 0.717) is 5.92 Å². The molecule has 98 valence electrons. The summed E-state index contributed by atoms with van der Waals surface area (Å²) in [6, 6.07) is 9.96. The Hall–Kier alpha value is -0.820. The van der Waals surface area contributed by atoms with Gasteiger partial charge in [0.25, 0.3) is 0 Å². The fourth-order valence-corrected chi connectivity index (χ4v) is 2.89. The first-order chi connectivity index (χ1) is 8.74. The van der Waals surface area contributed by atoms with E-state index in [2.05, 4.69) is 43.4 Å². The van der Waals surface area contributed by atoms with Crippen molar-refractivity contribution in [1.82, 2.24) is 5.32 Å². The zero-order chi connectivity index (χ0) is 12.5. The highest BCUT2D eigenvalue weighted by atomic mass is 14.9. The lowest BCUT2D eigenvalue weighted by Gasteiger charge is -2.18. The van der Waals surface area contributed by atoms with E-state index in [1.54, 1.807) is 0 Å². The van der Waals surface area contributed by atoms with Crippen molar-refractivity contribution < 1.29 is 0 Å². The molecule has 0 amide bonds. The van der Waals surface area contributed by atoms with Crippen LogP contribution < -0.4 is 5.32 Å². The van der Waals surface area contributed by atoms with Crippen molar-refractivity contribution in [3.63, 3.8) is 0 Å². The predicted octanol–water partition coefficient (Wildman–Crippen LogP) is 4.09. The second kappa shape index (κ2) is 5.05. The molecule has 0 radical (unpaired) electrons. The normalized spacial score (nSPS) is 19.8. The first kappa shape index (κ1) is 12.2. The number of rotatable bonds is 6. The van der Waals surface area contributed by atoms with Gasteiger partial charge < -0.3 is 5.32 Å². The number of benzene rings is 1. The zero-order valence-corrected chi connectivity index (χ0v) is 11.7. The second-order valence-corrected chi connectivity index (χ2v) is 6.48. The van der Waals surface area contributed by atoms with E-state index in [-0.39, 0.29) is 0 Å². The van der Waals surface area contributed by atoms with E-state index in [0.717, 1.165) is 24.4 Å². The van der Waals surface area contributed by atoms with Crippen molar-refractivity contribution in [2.24, 2.45) is 11.8 Å². The van der Waals surface area contributed by atoms with Gasteiger partial charge in [-0.15, -0.1) is 0 Å². The van der Waals surface area contributed by atoms with Crippen LogP contribution in [0.25, 0.3) is 0 Å². The van der Waals surface area contributed by atoms with Gasteiger partial charge in [-0.25, -0.2) is 0 Å². The SMILES string of the molecule is CC(C)c1ccc(CNC(C2CC2)C2CC2)cc1. The van der Waals surface area contributed by atoms with Crippen molar-refractivity contribution in [1.29, 1.82) is 0 Å². The highest BCUT2D eigenvalue weighted by molar-refractivity contribution is 5.24. The number of nitrogens with one attached hydrogen (secondary N) is 1. The number of hydrogen-bond acceptors (Lipinski definition) is 1. The summed E-state index contributed by atoms with van der Waals surface area (Å²) < 4.78 is 0. The lowest BCUT2D eigenvalue weighted by molar-refractivity contribution is 0.416. The monoisotopic (exact) mass is 243 g/mol. The van der Waals surface area contributed by atoms with Gasteiger partial charge in [-0.3, -0.25) is 0 Å². The highest BCUT2D eigenvalue weighted by Crippen LogP contribution is 2.44. The first-order valence-electron chi connectivity index (χ1n) is 7.56. The minimum Gasteiger partial charge on any atom is -0.309 e. The van der Waals surface area contributed by atoms with Gasteiger partial charge in [0.1, 0.15) is 0 Å². The van der Waals surface area contributed by atoms with E-state index in [4.69, 9.17) is 0 Å². The third kappa shape index (κ3) is 2.95. The third-order valence-corrected chi connectivity index (χ3v) is 4.45. The molecule has 0 aliphatic heterocycles. The van der Waals surface area contributed by atoms with Crippen LogP contribution in [0.3, 0.4) is 0 Å². The Morgan fingerprint density at radius 3 is 2.00 bits per heavy atom. The average molecular weight is 243 g/mol. The summed E-state index contributed by atoms with van der Waals surface area (Å²) >= 11 is 0. The standard InChI is InChI=1S/C17H25N/c1-12(2)14-5-3-13(4-6-14)11-18-17(15-7-8-15)16-9-10-16/h3-6,12,15-18H,7-11H2,1-2H3. The Labute approximate surface area is 111 Å². The maximum Gasteiger partial charge on any atom is 0.0208 e. The largest absolute Gasteiger partial charge is 0.309 e. The summed E-state index contributed by atoms with van der Waals surface area (Å²) in [5.41, 5.74) is 2.88. The summed E-state index contributed by atoms with van der Waals surface area (Å²) in [7, 11) is 0. The molecule has 0 atom stereocenters. The van der Waals surface area contributed by atoms with Crippen LogP contribution in [0.5, 0.6) is 0 Å². The molecular formula is C17H25N. The topological polar surface area (TPSA) is 12.0 Å². The first-order valence-corrected chi connectivity index (χ1v) is 7.56. The molecule has 3 rings (SSSR count). The molecule has 0 aromatic heterocycles. The van der Waals surface area contributed by atoms with Gasteiger partial charge >= 0.3 is 0 Å². The second-order valence-electron chi connectivity index (χ2n) is 6.48. The molecular weight excluding hydrogens is 218 g/mol. The molecule has 1 heteroatoms. The summed E-state index contributed by atoms with van der Waals surface area (Å²) in [4.78, 5) is 0. The molecule has 0 unspecified atom stereocenters. The van der Waals surface area contributed by atoms with Crippen molar-refractivity contribution in [2.45, 2.75) is 58.0 Å². The van der Waals surface area contributed by atoms with Crippen LogP contribution in [0, 0.1) is 11.8 Å². The Bertz CT molecular complexity index is 373. The van der Waals surface area contributed by atoms with Gasteiger partial charge in [-0.05, 0) is 54.6 Å². The molecule has 1 aromatic rings. The molecule has 2 saturated carbocycles. The lowest BCUT2D eigenvalue weighted by Crippen LogP contribution is -2.32. The van der Waals surface area contributed by atoms with Crippen LogP contribution in [-0.4, -0.2) is 6.04 Å². The van der Waals surface area contributed by atoms with Crippen molar-refractivity contribution >= 4 is 0 Å². The molecule has 18 heavy (non-hydrogen) atoms. The van der Waals surface area contributed by atoms with Crippen molar-refractivity contribution in [3.05, 3.63) is 35.4 Å². The summed E-state index contributed by atoms with van der Waals surface area (Å²) in [6.07, 6.45) is 5.84. The van der Waals surface area contributed by atoms with E-state index in [1.807, 2.05) is 0 Å². The van der Waals surface area contributed by atoms with Crippen molar-refractivity contribution in [2.75, 3.05) is 0 Å². The quantitative estimate of drug-likeness (QED) is 0.793. The van der Waals surface area contributed by atoms with Gasteiger partial charge in [0.2, 0.25) is 0 Å². The van der Waals surface area contributed by atoms with Gasteiger partial charge in [0, 0.05) is 12.6 Å². The van der Waals surface area contributed by atoms with Crippen LogP contribution in [0.15, 0.2) is 24.3 Å². The molecule has 1 aromatic carbocycles. The highest BCUT2D eigenvalue weighted by Gasteiger charge is 2.40. The maximum absolute atomic E-state index is 3.81. The molecule has 2 aliphatic carbocycles. The van der Waals surface area contributed by atoms with Crippen LogP contribution >= 0.6 is 0 Å². The fourth-order valence-electron chi connectivity index (χ4n) is 2.89. The smallest absolute Gasteiger partial charge is 0.0208 e. The Morgan fingerprint density at radius 1 is 1.00 bits per heavy atom. The van der Waals surface area contributed by atoms with Gasteiger partial charge in [0.05, 0.1) is 0 Å². The Kier molecular flexibility index (Phi) is 3.43. The van der Waals surface area contributed by atoms with Crippen LogP contribution in [0.1, 0.15) is 56.6 Å². The number of hydrogen-bond donors (Lipinski definition) is 1. The molecule has 0 heterocycles. The maximum atomic E-state index is 3.81. The van der Waals surface area contributed by atoms with Crippen LogP contribution in [0.4, 0.5) is 0 Å². The molecule has 1 N–H and O–H groups in total. The fraction of sp³-hybridized carbons (Fsp3) is 0.647. The Balaban J connectivity index is 1.55. The van der Waals surface area contributed by atoms with Crippen molar-refractivity contribution in [3.8, 4) is 0 Å².